The fraction of sp³-hybridized carbons (Fsp3) is 0.946. The first kappa shape index (κ1) is 44.5. The molecule has 43 heavy (non-hydrogen) atoms. The summed E-state index contributed by atoms with van der Waals surface area (Å²) in [5, 5.41) is 0. The van der Waals surface area contributed by atoms with Gasteiger partial charge in [0.05, 0.1) is 38.6 Å². The third-order valence-corrected chi connectivity index (χ3v) is 10.4. The van der Waals surface area contributed by atoms with Crippen molar-refractivity contribution in [1.29, 1.82) is 0 Å². The summed E-state index contributed by atoms with van der Waals surface area (Å²) >= 11 is 0. The van der Waals surface area contributed by atoms with Gasteiger partial charge in [-0.3, -0.25) is 4.39 Å². The SMILES string of the molecule is CCCCCCCCCCCCCCCCC=COS(=O)(=O)CCCCCCCCCCCF.CC[N+](CC)(CC)CC. The van der Waals surface area contributed by atoms with Crippen molar-refractivity contribution in [3.05, 3.63) is 12.3 Å². The van der Waals surface area contributed by atoms with Gasteiger partial charge in [0.25, 0.3) is 0 Å². The fourth-order valence-electron chi connectivity index (χ4n) is 5.65. The number of allylic oxidation sites excluding steroid dienone is 1. The lowest BCUT2D eigenvalue weighted by Gasteiger charge is -2.34. The van der Waals surface area contributed by atoms with Gasteiger partial charge in [0.15, 0.2) is 0 Å². The Balaban J connectivity index is 0. The van der Waals surface area contributed by atoms with E-state index in [4.69, 9.17) is 4.18 Å². The Labute approximate surface area is 270 Å². The number of alkyl halides is 1. The summed E-state index contributed by atoms with van der Waals surface area (Å²) in [6.45, 7) is 16.3. The van der Waals surface area contributed by atoms with E-state index in [1.165, 1.54) is 120 Å². The van der Waals surface area contributed by atoms with Gasteiger partial charge in [0.2, 0.25) is 0 Å². The molecule has 0 amide bonds. The standard InChI is InChI=1S/C29H57FO3S.C8H20N/c1-2-3-4-5-6-7-8-9-10-11-12-13-16-19-22-25-28-33-34(31,32)29-26-23-20-17-14-15-18-21-24-27-30;1-5-9(6-2,7-3)8-4/h25,28H,2-24,26-27,29H2,1H3;5-8H2,1-4H3/q;+1. The Morgan fingerprint density at radius 3 is 1.21 bits per heavy atom. The molecule has 6 heteroatoms. The molecule has 0 N–H and O–H groups in total. The molecule has 0 spiro atoms. The van der Waals surface area contributed by atoms with E-state index in [2.05, 4.69) is 34.6 Å². The topological polar surface area (TPSA) is 43.4 Å². The smallest absolute Gasteiger partial charge is 0.308 e. The van der Waals surface area contributed by atoms with E-state index >= 15 is 0 Å². The van der Waals surface area contributed by atoms with Crippen LogP contribution in [0.25, 0.3) is 0 Å². The van der Waals surface area contributed by atoms with Gasteiger partial charge in [-0.1, -0.05) is 135 Å². The van der Waals surface area contributed by atoms with Crippen LogP contribution in [0, 0.1) is 0 Å². The van der Waals surface area contributed by atoms with Crippen molar-refractivity contribution in [2.24, 2.45) is 0 Å². The summed E-state index contributed by atoms with van der Waals surface area (Å²) in [6, 6.07) is 0. The molecule has 4 nitrogen and oxygen atoms in total. The molecule has 0 rings (SSSR count). The molecule has 0 saturated carbocycles. The Bertz CT molecular complexity index is 647. The van der Waals surface area contributed by atoms with Crippen molar-refractivity contribution in [2.75, 3.05) is 38.6 Å². The van der Waals surface area contributed by atoms with Crippen molar-refractivity contribution >= 4 is 10.1 Å². The zero-order valence-corrected chi connectivity index (χ0v) is 30.6. The van der Waals surface area contributed by atoms with Crippen LogP contribution < -0.4 is 0 Å². The normalized spacial score (nSPS) is 12.0. The molecule has 0 aromatic rings. The van der Waals surface area contributed by atoms with Gasteiger partial charge in [0, 0.05) is 0 Å². The number of rotatable bonds is 32. The van der Waals surface area contributed by atoms with Gasteiger partial charge in [-0.2, -0.15) is 8.42 Å². The molecule has 0 unspecified atom stereocenters. The highest BCUT2D eigenvalue weighted by Crippen LogP contribution is 2.14. The second-order valence-electron chi connectivity index (χ2n) is 12.6. The minimum Gasteiger partial charge on any atom is -0.391 e. The van der Waals surface area contributed by atoms with Crippen LogP contribution in [0.1, 0.15) is 189 Å². The lowest BCUT2D eigenvalue weighted by molar-refractivity contribution is -0.921. The van der Waals surface area contributed by atoms with Crippen LogP contribution in [0.3, 0.4) is 0 Å². The van der Waals surface area contributed by atoms with Crippen LogP contribution in [-0.2, 0) is 14.3 Å². The number of quaternary nitrogens is 1. The average Bonchev–Trinajstić information content (AvgIpc) is 3.01. The first-order valence-corrected chi connectivity index (χ1v) is 20.4. The van der Waals surface area contributed by atoms with Crippen LogP contribution in [-0.4, -0.2) is 51.5 Å². The maximum absolute atomic E-state index is 12.0. The maximum Gasteiger partial charge on any atom is 0.308 e. The zero-order chi connectivity index (χ0) is 32.3. The van der Waals surface area contributed by atoms with Crippen LogP contribution in [0.4, 0.5) is 4.39 Å². The molecule has 0 fully saturated rings. The molecule has 0 aliphatic rings. The quantitative estimate of drug-likeness (QED) is 0.0320. The van der Waals surface area contributed by atoms with E-state index in [-0.39, 0.29) is 12.4 Å². The predicted octanol–water partition coefficient (Wildman–Crippen LogP) is 12.1. The van der Waals surface area contributed by atoms with E-state index in [0.29, 0.717) is 12.8 Å². The molecule has 0 saturated heterocycles. The largest absolute Gasteiger partial charge is 0.391 e. The van der Waals surface area contributed by atoms with E-state index in [1.54, 1.807) is 0 Å². The summed E-state index contributed by atoms with van der Waals surface area (Å²) in [4.78, 5) is 0. The summed E-state index contributed by atoms with van der Waals surface area (Å²) in [5.74, 6) is 0.104. The first-order chi connectivity index (χ1) is 20.9. The lowest BCUT2D eigenvalue weighted by Crippen LogP contribution is -2.47. The highest BCUT2D eigenvalue weighted by molar-refractivity contribution is 7.86. The molecule has 0 bridgehead atoms. The summed E-state index contributed by atoms with van der Waals surface area (Å²) in [6.07, 6.45) is 31.8. The molecule has 0 atom stereocenters. The van der Waals surface area contributed by atoms with E-state index in [1.807, 2.05) is 6.08 Å². The van der Waals surface area contributed by atoms with Gasteiger partial charge in [-0.15, -0.1) is 0 Å². The summed E-state index contributed by atoms with van der Waals surface area (Å²) in [7, 11) is -3.43. The molecule has 0 aromatic carbocycles. The molecule has 0 radical (unpaired) electrons. The Kier molecular flexibility index (Phi) is 35.5. The highest BCUT2D eigenvalue weighted by Gasteiger charge is 2.16. The minimum atomic E-state index is -3.43. The molecule has 0 aliphatic carbocycles. The molecule has 0 heterocycles. The third kappa shape index (κ3) is 32.6. The number of nitrogens with zero attached hydrogens (tertiary/aromatic N) is 1. The Hall–Kier alpha value is -0.620. The van der Waals surface area contributed by atoms with Crippen LogP contribution >= 0.6 is 0 Å². The number of unbranched alkanes of at least 4 members (excludes halogenated alkanes) is 22. The van der Waals surface area contributed by atoms with Gasteiger partial charge < -0.3 is 8.67 Å². The van der Waals surface area contributed by atoms with Crippen molar-refractivity contribution in [2.45, 2.75) is 189 Å². The molecule has 0 aliphatic heterocycles. The number of halogens is 1. The van der Waals surface area contributed by atoms with Gasteiger partial charge >= 0.3 is 10.1 Å². The number of hydrogen-bond donors (Lipinski definition) is 0. The van der Waals surface area contributed by atoms with Crippen molar-refractivity contribution < 1.29 is 21.5 Å². The average molecular weight is 635 g/mol. The highest BCUT2D eigenvalue weighted by atomic mass is 32.2. The summed E-state index contributed by atoms with van der Waals surface area (Å²) < 4.78 is 42.1. The maximum atomic E-state index is 12.0. The van der Waals surface area contributed by atoms with E-state index in [9.17, 15) is 12.8 Å². The van der Waals surface area contributed by atoms with E-state index < -0.39 is 10.1 Å². The lowest BCUT2D eigenvalue weighted by atomic mass is 10.0. The Morgan fingerprint density at radius 1 is 0.512 bits per heavy atom. The molecule has 260 valence electrons. The first-order valence-electron chi connectivity index (χ1n) is 18.8. The minimum absolute atomic E-state index is 0.104. The number of hydrogen-bond acceptors (Lipinski definition) is 3. The molecule has 0 aromatic heterocycles. The third-order valence-electron chi connectivity index (χ3n) is 9.23. The van der Waals surface area contributed by atoms with Crippen LogP contribution in [0.2, 0.25) is 0 Å². The second-order valence-corrected chi connectivity index (χ2v) is 14.3. The monoisotopic (exact) mass is 635 g/mol. The van der Waals surface area contributed by atoms with Crippen molar-refractivity contribution in [3.63, 3.8) is 0 Å². The van der Waals surface area contributed by atoms with Crippen molar-refractivity contribution in [3.8, 4) is 0 Å². The Morgan fingerprint density at radius 2 is 0.860 bits per heavy atom. The van der Waals surface area contributed by atoms with Gasteiger partial charge in [-0.05, 0) is 59.5 Å². The predicted molar refractivity (Wildman–Crippen MR) is 189 cm³/mol. The van der Waals surface area contributed by atoms with Gasteiger partial charge in [-0.25, -0.2) is 0 Å². The molecular formula is C37H77FNO3S+. The summed E-state index contributed by atoms with van der Waals surface area (Å²) in [5.41, 5.74) is 0. The van der Waals surface area contributed by atoms with E-state index in [0.717, 1.165) is 57.8 Å². The van der Waals surface area contributed by atoms with Crippen molar-refractivity contribution in [1.82, 2.24) is 0 Å². The zero-order valence-electron chi connectivity index (χ0n) is 29.8. The van der Waals surface area contributed by atoms with Crippen LogP contribution in [0.15, 0.2) is 12.3 Å². The van der Waals surface area contributed by atoms with Crippen LogP contribution in [0.5, 0.6) is 0 Å². The van der Waals surface area contributed by atoms with Gasteiger partial charge in [0.1, 0.15) is 6.26 Å². The second kappa shape index (κ2) is 34.3. The molecular weight excluding hydrogens is 557 g/mol. The fourth-order valence-corrected chi connectivity index (χ4v) is 6.55.